The molecule has 3 heterocycles. The molecule has 2 bridgehead atoms. The maximum absolute atomic E-state index is 13.2. The van der Waals surface area contributed by atoms with Gasteiger partial charge in [0.2, 0.25) is 5.91 Å². The Balaban J connectivity index is 1.50. The van der Waals surface area contributed by atoms with Gasteiger partial charge in [0, 0.05) is 12.5 Å². The predicted molar refractivity (Wildman–Crippen MR) is 96.0 cm³/mol. The fourth-order valence-electron chi connectivity index (χ4n) is 4.70. The molecule has 0 radical (unpaired) electrons. The van der Waals surface area contributed by atoms with Gasteiger partial charge in [0.25, 0.3) is 5.91 Å². The van der Waals surface area contributed by atoms with Gasteiger partial charge >= 0.3 is 6.03 Å². The lowest BCUT2D eigenvalue weighted by atomic mass is 10.1. The summed E-state index contributed by atoms with van der Waals surface area (Å²) in [5, 5.41) is 9.36. The molecule has 5 rings (SSSR count). The number of nitriles is 1. The van der Waals surface area contributed by atoms with Gasteiger partial charge in [-0.15, -0.1) is 0 Å². The smallest absolute Gasteiger partial charge is 0.332 e. The van der Waals surface area contributed by atoms with Crippen LogP contribution in [0.4, 0.5) is 10.5 Å². The topological polar surface area (TPSA) is 84.7 Å². The van der Waals surface area contributed by atoms with E-state index in [4.69, 9.17) is 16.9 Å². The van der Waals surface area contributed by atoms with Crippen LogP contribution in [0.1, 0.15) is 30.4 Å². The van der Waals surface area contributed by atoms with Crippen LogP contribution in [-0.2, 0) is 9.59 Å². The number of anilines is 1. The standard InChI is InChI=1S/C19H17ClN4O3/c1-9-13(5-4-11(7-21)15(9)20)24-18(26)16-14-6-12(23(16)19(24)27)8-22(14)17(25)10-2-3-10/h4-5,10,12,14,16H,2-3,6,8H2,1H3/t12-,14?,16?/m1/s1. The van der Waals surface area contributed by atoms with E-state index in [2.05, 4.69) is 0 Å². The van der Waals surface area contributed by atoms with Gasteiger partial charge in [-0.25, -0.2) is 9.69 Å². The van der Waals surface area contributed by atoms with Crippen molar-refractivity contribution in [2.45, 2.75) is 44.3 Å². The summed E-state index contributed by atoms with van der Waals surface area (Å²) in [5.41, 5.74) is 1.23. The van der Waals surface area contributed by atoms with Crippen molar-refractivity contribution in [3.05, 3.63) is 28.3 Å². The Morgan fingerprint density at radius 3 is 2.70 bits per heavy atom. The number of hydrogen-bond acceptors (Lipinski definition) is 4. The number of piperazine rings is 1. The number of halogens is 1. The van der Waals surface area contributed by atoms with Gasteiger partial charge in [0.1, 0.15) is 12.1 Å². The lowest BCUT2D eigenvalue weighted by Crippen LogP contribution is -2.55. The van der Waals surface area contributed by atoms with E-state index in [1.165, 1.54) is 6.07 Å². The van der Waals surface area contributed by atoms with Gasteiger partial charge in [0.05, 0.1) is 28.4 Å². The summed E-state index contributed by atoms with van der Waals surface area (Å²) < 4.78 is 0. The normalized spacial score (nSPS) is 28.8. The highest BCUT2D eigenvalue weighted by Gasteiger charge is 2.63. The summed E-state index contributed by atoms with van der Waals surface area (Å²) >= 11 is 6.23. The van der Waals surface area contributed by atoms with Crippen molar-refractivity contribution < 1.29 is 14.4 Å². The van der Waals surface area contributed by atoms with Gasteiger partial charge < -0.3 is 9.80 Å². The second kappa shape index (κ2) is 5.46. The van der Waals surface area contributed by atoms with E-state index in [1.54, 1.807) is 17.9 Å². The highest BCUT2D eigenvalue weighted by Crippen LogP contribution is 2.45. The van der Waals surface area contributed by atoms with E-state index in [-0.39, 0.29) is 40.9 Å². The third-order valence-electron chi connectivity index (χ3n) is 6.19. The zero-order valence-corrected chi connectivity index (χ0v) is 15.4. The lowest BCUT2D eigenvalue weighted by Gasteiger charge is -2.35. The highest BCUT2D eigenvalue weighted by molar-refractivity contribution is 6.33. The summed E-state index contributed by atoms with van der Waals surface area (Å²) in [5.74, 6) is -0.0937. The molecule has 27 heavy (non-hydrogen) atoms. The minimum Gasteiger partial charge on any atom is -0.335 e. The number of rotatable bonds is 2. The SMILES string of the molecule is Cc1c(N2C(=O)C3C4C[C@H](CN4C(=O)C4CC4)N3C2=O)ccc(C#N)c1Cl. The number of amides is 4. The first-order valence-corrected chi connectivity index (χ1v) is 9.47. The highest BCUT2D eigenvalue weighted by atomic mass is 35.5. The number of carbonyl (C=O) groups is 3. The summed E-state index contributed by atoms with van der Waals surface area (Å²) in [6.45, 7) is 2.20. The molecule has 3 saturated heterocycles. The Bertz CT molecular complexity index is 951. The third kappa shape index (κ3) is 2.10. The van der Waals surface area contributed by atoms with Gasteiger partial charge in [-0.05, 0) is 43.9 Å². The van der Waals surface area contributed by atoms with Crippen molar-refractivity contribution in [1.82, 2.24) is 9.80 Å². The second-order valence-corrected chi connectivity index (χ2v) is 8.09. The van der Waals surface area contributed by atoms with Gasteiger partial charge in [-0.2, -0.15) is 5.26 Å². The van der Waals surface area contributed by atoms with Crippen molar-refractivity contribution >= 4 is 35.1 Å². The van der Waals surface area contributed by atoms with Crippen molar-refractivity contribution in [2.75, 3.05) is 11.4 Å². The van der Waals surface area contributed by atoms with E-state index in [0.29, 0.717) is 29.8 Å². The molecule has 3 aliphatic heterocycles. The Morgan fingerprint density at radius 2 is 2.04 bits per heavy atom. The number of imide groups is 1. The number of hydrogen-bond donors (Lipinski definition) is 0. The van der Waals surface area contributed by atoms with Crippen LogP contribution >= 0.6 is 11.6 Å². The minimum absolute atomic E-state index is 0.0979. The summed E-state index contributed by atoms with van der Waals surface area (Å²) in [6.07, 6.45) is 2.51. The first-order chi connectivity index (χ1) is 12.9. The van der Waals surface area contributed by atoms with Gasteiger partial charge in [0.15, 0.2) is 0 Å². The molecule has 3 atom stereocenters. The van der Waals surface area contributed by atoms with Crippen LogP contribution in [0.2, 0.25) is 5.02 Å². The molecule has 2 unspecified atom stereocenters. The van der Waals surface area contributed by atoms with Crippen LogP contribution < -0.4 is 4.90 Å². The average molecular weight is 385 g/mol. The van der Waals surface area contributed by atoms with Crippen molar-refractivity contribution in [2.24, 2.45) is 5.92 Å². The molecule has 1 aromatic rings. The van der Waals surface area contributed by atoms with Crippen LogP contribution in [0.5, 0.6) is 0 Å². The molecule has 1 saturated carbocycles. The first-order valence-electron chi connectivity index (χ1n) is 9.10. The predicted octanol–water partition coefficient (Wildman–Crippen LogP) is 2.05. The first kappa shape index (κ1) is 16.6. The summed E-state index contributed by atoms with van der Waals surface area (Å²) in [4.78, 5) is 43.4. The van der Waals surface area contributed by atoms with Crippen LogP contribution in [0.3, 0.4) is 0 Å². The number of urea groups is 1. The Labute approximate surface area is 161 Å². The van der Waals surface area contributed by atoms with Crippen LogP contribution in [0, 0.1) is 24.2 Å². The second-order valence-electron chi connectivity index (χ2n) is 7.71. The fraction of sp³-hybridized carbons (Fsp3) is 0.474. The molecule has 0 aromatic heterocycles. The van der Waals surface area contributed by atoms with Crippen molar-refractivity contribution in [3.63, 3.8) is 0 Å². The van der Waals surface area contributed by atoms with E-state index in [1.807, 2.05) is 11.0 Å². The Hall–Kier alpha value is -2.59. The van der Waals surface area contributed by atoms with E-state index < -0.39 is 6.04 Å². The van der Waals surface area contributed by atoms with E-state index in [9.17, 15) is 14.4 Å². The monoisotopic (exact) mass is 384 g/mol. The van der Waals surface area contributed by atoms with Crippen molar-refractivity contribution in [1.29, 1.82) is 5.26 Å². The molecule has 4 fully saturated rings. The van der Waals surface area contributed by atoms with Crippen LogP contribution in [0.25, 0.3) is 0 Å². The number of carbonyl (C=O) groups excluding carboxylic acids is 3. The molecule has 0 spiro atoms. The fourth-order valence-corrected chi connectivity index (χ4v) is 4.90. The molecule has 1 aromatic carbocycles. The number of benzene rings is 1. The molecule has 8 heteroatoms. The summed E-state index contributed by atoms with van der Waals surface area (Å²) in [7, 11) is 0. The van der Waals surface area contributed by atoms with Gasteiger partial charge in [-0.1, -0.05) is 11.6 Å². The number of nitrogens with zero attached hydrogens (tertiary/aromatic N) is 4. The minimum atomic E-state index is -0.618. The summed E-state index contributed by atoms with van der Waals surface area (Å²) in [6, 6.07) is 3.78. The lowest BCUT2D eigenvalue weighted by molar-refractivity contribution is -0.136. The zero-order valence-electron chi connectivity index (χ0n) is 14.7. The average Bonchev–Trinajstić information content (AvgIpc) is 3.25. The van der Waals surface area contributed by atoms with Crippen LogP contribution in [0.15, 0.2) is 12.1 Å². The van der Waals surface area contributed by atoms with Crippen molar-refractivity contribution in [3.8, 4) is 6.07 Å². The maximum Gasteiger partial charge on any atom is 0.332 e. The Morgan fingerprint density at radius 1 is 1.30 bits per heavy atom. The van der Waals surface area contributed by atoms with E-state index in [0.717, 1.165) is 17.7 Å². The molecule has 4 aliphatic rings. The van der Waals surface area contributed by atoms with E-state index >= 15 is 0 Å². The van der Waals surface area contributed by atoms with Crippen LogP contribution in [-0.4, -0.2) is 52.3 Å². The zero-order chi connectivity index (χ0) is 19.0. The molecular formula is C19H17ClN4O3. The molecule has 138 valence electrons. The molecule has 7 nitrogen and oxygen atoms in total. The molecular weight excluding hydrogens is 368 g/mol. The molecule has 1 aliphatic carbocycles. The van der Waals surface area contributed by atoms with Gasteiger partial charge in [-0.3, -0.25) is 9.59 Å². The molecule has 0 N–H and O–H groups in total. The number of fused-ring (bicyclic) bond motifs is 5. The third-order valence-corrected chi connectivity index (χ3v) is 6.68. The maximum atomic E-state index is 13.2. The Kier molecular flexibility index (Phi) is 3.35. The quantitative estimate of drug-likeness (QED) is 0.730. The number of likely N-dealkylation sites (tertiary alicyclic amines) is 1. The molecule has 4 amide bonds. The largest absolute Gasteiger partial charge is 0.335 e.